The van der Waals surface area contributed by atoms with Crippen molar-refractivity contribution in [2.75, 3.05) is 23.0 Å². The average Bonchev–Trinajstić information content (AvgIpc) is 3.26. The second-order valence-corrected chi connectivity index (χ2v) is 9.00. The molecule has 0 atom stereocenters. The van der Waals surface area contributed by atoms with Crippen molar-refractivity contribution in [1.29, 1.82) is 0 Å². The molecule has 0 fully saturated rings. The number of carbonyl (C=O) groups is 1. The van der Waals surface area contributed by atoms with Crippen molar-refractivity contribution in [3.63, 3.8) is 0 Å². The smallest absolute Gasteiger partial charge is 0.271 e. The van der Waals surface area contributed by atoms with Crippen LogP contribution in [0, 0.1) is 11.6 Å². The topological polar surface area (TPSA) is 124 Å². The summed E-state index contributed by atoms with van der Waals surface area (Å²) in [7, 11) is 0. The van der Waals surface area contributed by atoms with Gasteiger partial charge in [-0.3, -0.25) is 14.2 Å². The predicted molar refractivity (Wildman–Crippen MR) is 143 cm³/mol. The highest BCUT2D eigenvalue weighted by Crippen LogP contribution is 2.27. The molecule has 0 unspecified atom stereocenters. The van der Waals surface area contributed by atoms with Gasteiger partial charge in [-0.2, -0.15) is 0 Å². The van der Waals surface area contributed by atoms with Crippen molar-refractivity contribution in [1.82, 2.24) is 14.5 Å². The van der Waals surface area contributed by atoms with Gasteiger partial charge < -0.3 is 21.1 Å². The number of rotatable bonds is 7. The number of nitrogens with zero attached hydrogens (tertiary/aromatic N) is 3. The minimum Gasteiger partial charge on any atom is -0.493 e. The number of nitrogens with two attached hydrogens (primary N) is 1. The molecule has 38 heavy (non-hydrogen) atoms. The minimum atomic E-state index is -0.787. The summed E-state index contributed by atoms with van der Waals surface area (Å²) in [5.41, 5.74) is 6.00. The summed E-state index contributed by atoms with van der Waals surface area (Å²) in [6.45, 7) is 1.92. The first kappa shape index (κ1) is 24.8. The van der Waals surface area contributed by atoms with Gasteiger partial charge in [-0.05, 0) is 67.6 Å². The van der Waals surface area contributed by atoms with Crippen molar-refractivity contribution in [2.24, 2.45) is 0 Å². The van der Waals surface area contributed by atoms with Crippen LogP contribution in [0.5, 0.6) is 5.75 Å². The third-order valence-corrected chi connectivity index (χ3v) is 6.24. The number of fused-ring (bicyclic) bond motifs is 1. The number of carbonyl (C=O) groups excluding carboxylic acids is 1. The fourth-order valence-corrected chi connectivity index (χ4v) is 4.44. The summed E-state index contributed by atoms with van der Waals surface area (Å²) in [6.07, 6.45) is 1.43. The summed E-state index contributed by atoms with van der Waals surface area (Å²) in [5, 5.41) is 5.82. The van der Waals surface area contributed by atoms with Gasteiger partial charge in [0.15, 0.2) is 5.13 Å². The van der Waals surface area contributed by atoms with E-state index in [1.165, 1.54) is 64.6 Å². The monoisotopic (exact) mass is 534 g/mol. The molecular formula is C26H20F2N6O3S. The molecule has 12 heteroatoms. The van der Waals surface area contributed by atoms with E-state index in [1.54, 1.807) is 19.1 Å². The van der Waals surface area contributed by atoms with Crippen molar-refractivity contribution >= 4 is 49.9 Å². The minimum absolute atomic E-state index is 0.0669. The van der Waals surface area contributed by atoms with E-state index in [-0.39, 0.29) is 29.3 Å². The molecule has 0 saturated carbocycles. The van der Waals surface area contributed by atoms with Gasteiger partial charge in [0.1, 0.15) is 39.1 Å². The Morgan fingerprint density at radius 3 is 2.61 bits per heavy atom. The van der Waals surface area contributed by atoms with E-state index in [0.29, 0.717) is 27.0 Å². The van der Waals surface area contributed by atoms with Crippen LogP contribution in [0.25, 0.3) is 16.0 Å². The van der Waals surface area contributed by atoms with Gasteiger partial charge in [0.25, 0.3) is 11.5 Å². The largest absolute Gasteiger partial charge is 0.493 e. The van der Waals surface area contributed by atoms with E-state index in [2.05, 4.69) is 20.6 Å². The van der Waals surface area contributed by atoms with Crippen LogP contribution in [0.4, 0.5) is 31.1 Å². The number of ether oxygens (including phenoxy) is 1. The molecule has 1 amide bonds. The Kier molecular flexibility index (Phi) is 6.71. The van der Waals surface area contributed by atoms with E-state index in [0.717, 1.165) is 6.07 Å². The number of nitrogen functional groups attached to an aromatic ring is 1. The Labute approximate surface area is 218 Å². The Balaban J connectivity index is 1.40. The summed E-state index contributed by atoms with van der Waals surface area (Å²) >= 11 is 1.21. The van der Waals surface area contributed by atoms with E-state index >= 15 is 0 Å². The van der Waals surface area contributed by atoms with Crippen LogP contribution in [-0.4, -0.2) is 27.0 Å². The number of thiazole rings is 1. The summed E-state index contributed by atoms with van der Waals surface area (Å²) in [5.74, 6) is -1.45. The van der Waals surface area contributed by atoms with Crippen LogP contribution in [-0.2, 0) is 0 Å². The highest BCUT2D eigenvalue weighted by Gasteiger charge is 2.21. The van der Waals surface area contributed by atoms with Crippen LogP contribution in [0.3, 0.4) is 0 Å². The van der Waals surface area contributed by atoms with Crippen LogP contribution >= 0.6 is 11.3 Å². The lowest BCUT2D eigenvalue weighted by Gasteiger charge is -2.14. The zero-order valence-corrected chi connectivity index (χ0v) is 20.7. The molecule has 0 radical (unpaired) electrons. The van der Waals surface area contributed by atoms with E-state index < -0.39 is 23.1 Å². The van der Waals surface area contributed by atoms with Crippen molar-refractivity contribution < 1.29 is 18.3 Å². The molecule has 0 bridgehead atoms. The van der Waals surface area contributed by atoms with E-state index in [4.69, 9.17) is 10.5 Å². The standard InChI is InChI=1S/C26H20F2N6O3S/c1-2-37-20-11-12-34(16-6-3-14(27)4-7-16)25(36)22(20)23(35)30-15-5-8-18(17(28)13-15)31-21-10-9-19-24(33-21)38-26(29)32-19/h3-13H,2H2,1H3,(H2,29,32)(H,30,35)(H,31,33). The van der Waals surface area contributed by atoms with Gasteiger partial charge in [-0.1, -0.05) is 11.3 Å². The summed E-state index contributed by atoms with van der Waals surface area (Å²) < 4.78 is 34.9. The van der Waals surface area contributed by atoms with Crippen molar-refractivity contribution in [3.05, 3.63) is 94.4 Å². The lowest BCUT2D eigenvalue weighted by molar-refractivity contribution is 0.102. The second-order valence-electron chi connectivity index (χ2n) is 7.99. The molecule has 0 saturated heterocycles. The first-order chi connectivity index (χ1) is 18.3. The molecule has 9 nitrogen and oxygen atoms in total. The normalized spacial score (nSPS) is 10.9. The van der Waals surface area contributed by atoms with Gasteiger partial charge in [-0.25, -0.2) is 18.7 Å². The number of aromatic nitrogens is 3. The van der Waals surface area contributed by atoms with Gasteiger partial charge in [0.2, 0.25) is 0 Å². The number of nitrogens with one attached hydrogen (secondary N) is 2. The van der Waals surface area contributed by atoms with Crippen molar-refractivity contribution in [3.8, 4) is 11.4 Å². The second kappa shape index (κ2) is 10.3. The van der Waals surface area contributed by atoms with Crippen LogP contribution < -0.4 is 26.7 Å². The maximum Gasteiger partial charge on any atom is 0.271 e. The highest BCUT2D eigenvalue weighted by atomic mass is 32.1. The van der Waals surface area contributed by atoms with Gasteiger partial charge in [-0.15, -0.1) is 0 Å². The molecule has 0 aliphatic heterocycles. The maximum absolute atomic E-state index is 14.9. The summed E-state index contributed by atoms with van der Waals surface area (Å²) in [6, 6.07) is 14.1. The zero-order chi connectivity index (χ0) is 26.8. The Bertz CT molecular complexity index is 1720. The third-order valence-electron chi connectivity index (χ3n) is 5.45. The fraction of sp³-hybridized carbons (Fsp3) is 0.0769. The number of benzene rings is 2. The van der Waals surface area contributed by atoms with E-state index in [1.807, 2.05) is 0 Å². The highest BCUT2D eigenvalue weighted by molar-refractivity contribution is 7.21. The molecule has 5 aromatic rings. The molecule has 2 aromatic carbocycles. The number of anilines is 4. The number of amides is 1. The predicted octanol–water partition coefficient (Wildman–Crippen LogP) is 5.10. The Hall–Kier alpha value is -4.84. The molecule has 3 heterocycles. The van der Waals surface area contributed by atoms with Crippen LogP contribution in [0.1, 0.15) is 17.3 Å². The molecule has 0 spiro atoms. The molecule has 4 N–H and O–H groups in total. The first-order valence-corrected chi connectivity index (χ1v) is 12.2. The van der Waals surface area contributed by atoms with Crippen LogP contribution in [0.15, 0.2) is 71.7 Å². The Morgan fingerprint density at radius 2 is 1.87 bits per heavy atom. The quantitative estimate of drug-likeness (QED) is 0.265. The molecule has 5 rings (SSSR count). The van der Waals surface area contributed by atoms with Crippen molar-refractivity contribution in [2.45, 2.75) is 6.92 Å². The third kappa shape index (κ3) is 5.02. The summed E-state index contributed by atoms with van der Waals surface area (Å²) in [4.78, 5) is 35.5. The van der Waals surface area contributed by atoms with E-state index in [9.17, 15) is 18.4 Å². The zero-order valence-electron chi connectivity index (χ0n) is 19.9. The maximum atomic E-state index is 14.9. The lowest BCUT2D eigenvalue weighted by atomic mass is 10.2. The average molecular weight is 535 g/mol. The number of hydrogen-bond donors (Lipinski definition) is 3. The molecule has 0 aliphatic rings. The SMILES string of the molecule is CCOc1ccn(-c2ccc(F)cc2)c(=O)c1C(=O)Nc1ccc(Nc2ccc3nc(N)sc3n2)c(F)c1. The molecule has 0 aliphatic carbocycles. The molecular weight excluding hydrogens is 514 g/mol. The van der Waals surface area contributed by atoms with Gasteiger partial charge in [0.05, 0.1) is 12.3 Å². The van der Waals surface area contributed by atoms with Gasteiger partial charge >= 0.3 is 0 Å². The number of hydrogen-bond acceptors (Lipinski definition) is 8. The van der Waals surface area contributed by atoms with Crippen LogP contribution in [0.2, 0.25) is 0 Å². The number of halogens is 2. The number of pyridine rings is 2. The fourth-order valence-electron chi connectivity index (χ4n) is 3.74. The molecule has 192 valence electrons. The lowest BCUT2D eigenvalue weighted by Crippen LogP contribution is -2.29. The first-order valence-electron chi connectivity index (χ1n) is 11.4. The Morgan fingerprint density at radius 1 is 1.08 bits per heavy atom. The molecule has 3 aromatic heterocycles. The van der Waals surface area contributed by atoms with Gasteiger partial charge in [0, 0.05) is 17.6 Å².